The first kappa shape index (κ1) is 22.2. The lowest BCUT2D eigenvalue weighted by atomic mass is 9.96. The number of piperazine rings is 1. The van der Waals surface area contributed by atoms with Gasteiger partial charge < -0.3 is 15.1 Å². The number of aryl methyl sites for hydroxylation is 1. The fraction of sp³-hybridized carbons (Fsp3) is 0.550. The van der Waals surface area contributed by atoms with Crippen LogP contribution in [0.4, 0.5) is 9.52 Å². The molecule has 0 amide bonds. The molecule has 2 aromatic rings. The number of halogens is 2. The smallest absolute Gasteiger partial charge is 0.205 e. The van der Waals surface area contributed by atoms with E-state index in [2.05, 4.69) is 36.4 Å². The van der Waals surface area contributed by atoms with Crippen molar-refractivity contribution in [2.45, 2.75) is 31.6 Å². The predicted molar refractivity (Wildman–Crippen MR) is 127 cm³/mol. The first-order chi connectivity index (χ1) is 13.6. The molecule has 0 bridgehead atoms. The number of rotatable bonds is 5. The Kier molecular flexibility index (Phi) is 7.31. The Morgan fingerprint density at radius 1 is 1.21 bits per heavy atom. The van der Waals surface area contributed by atoms with Gasteiger partial charge in [-0.1, -0.05) is 19.1 Å². The average Bonchev–Trinajstić information content (AvgIpc) is 3.36. The van der Waals surface area contributed by atoms with Crippen molar-refractivity contribution in [3.05, 3.63) is 41.5 Å². The lowest BCUT2D eigenvalue weighted by Gasteiger charge is -2.36. The highest BCUT2D eigenvalue weighted by Gasteiger charge is 2.44. The Bertz CT molecular complexity index is 828. The van der Waals surface area contributed by atoms with Crippen molar-refractivity contribution < 1.29 is 4.39 Å². The van der Waals surface area contributed by atoms with Gasteiger partial charge >= 0.3 is 0 Å². The van der Waals surface area contributed by atoms with Gasteiger partial charge in [-0.3, -0.25) is 4.99 Å². The average molecular weight is 530 g/mol. The molecule has 2 fully saturated rings. The van der Waals surface area contributed by atoms with Crippen molar-refractivity contribution in [1.82, 2.24) is 19.6 Å². The van der Waals surface area contributed by atoms with Crippen LogP contribution >= 0.6 is 35.5 Å². The van der Waals surface area contributed by atoms with Crippen molar-refractivity contribution in [2.24, 2.45) is 4.99 Å². The molecule has 2 heterocycles. The number of nitrogens with zero attached hydrogens (tertiary/aromatic N) is 5. The van der Waals surface area contributed by atoms with Crippen molar-refractivity contribution in [2.75, 3.05) is 44.7 Å². The van der Waals surface area contributed by atoms with E-state index in [1.165, 1.54) is 17.1 Å². The van der Waals surface area contributed by atoms with Crippen LogP contribution in [0, 0.1) is 5.82 Å². The van der Waals surface area contributed by atoms with Gasteiger partial charge in [-0.15, -0.1) is 24.0 Å². The van der Waals surface area contributed by atoms with Crippen LogP contribution in [0.1, 0.15) is 31.2 Å². The molecule has 1 N–H and O–H groups in total. The van der Waals surface area contributed by atoms with Crippen LogP contribution < -0.4 is 10.2 Å². The zero-order chi connectivity index (χ0) is 19.6. The Hall–Kier alpha value is -1.49. The summed E-state index contributed by atoms with van der Waals surface area (Å²) in [6.07, 6.45) is 3.14. The molecule has 1 aromatic heterocycles. The number of hydrogen-bond donors (Lipinski definition) is 1. The molecule has 1 saturated heterocycles. The molecule has 1 aromatic carbocycles. The maximum absolute atomic E-state index is 13.2. The maximum Gasteiger partial charge on any atom is 0.205 e. The van der Waals surface area contributed by atoms with E-state index in [9.17, 15) is 4.39 Å². The Labute approximate surface area is 192 Å². The van der Waals surface area contributed by atoms with Gasteiger partial charge in [-0.2, -0.15) is 4.37 Å². The third-order valence-corrected chi connectivity index (χ3v) is 6.54. The molecule has 1 aliphatic carbocycles. The number of hydrogen-bond acceptors (Lipinski definition) is 5. The molecular formula is C20H28FIN6S. The molecule has 4 rings (SSSR count). The normalized spacial score (nSPS) is 18.4. The van der Waals surface area contributed by atoms with Crippen molar-refractivity contribution >= 4 is 46.6 Å². The molecule has 1 saturated carbocycles. The highest BCUT2D eigenvalue weighted by Crippen LogP contribution is 2.47. The van der Waals surface area contributed by atoms with E-state index in [0.29, 0.717) is 0 Å². The lowest BCUT2D eigenvalue weighted by molar-refractivity contribution is 0.370. The molecule has 2 aliphatic rings. The van der Waals surface area contributed by atoms with Crippen molar-refractivity contribution in [3.63, 3.8) is 0 Å². The summed E-state index contributed by atoms with van der Waals surface area (Å²) in [7, 11) is 1.84. The molecule has 9 heteroatoms. The summed E-state index contributed by atoms with van der Waals surface area (Å²) in [4.78, 5) is 13.7. The molecule has 0 atom stereocenters. The van der Waals surface area contributed by atoms with Crippen LogP contribution in [-0.2, 0) is 11.8 Å². The van der Waals surface area contributed by atoms with Crippen molar-refractivity contribution in [1.29, 1.82) is 0 Å². The molecule has 1 aliphatic heterocycles. The molecule has 158 valence electrons. The predicted octanol–water partition coefficient (Wildman–Crippen LogP) is 3.29. The van der Waals surface area contributed by atoms with Gasteiger partial charge in [-0.25, -0.2) is 9.37 Å². The Morgan fingerprint density at radius 2 is 1.90 bits per heavy atom. The number of aromatic nitrogens is 2. The summed E-state index contributed by atoms with van der Waals surface area (Å²) >= 11 is 1.49. The molecule has 6 nitrogen and oxygen atoms in total. The van der Waals surface area contributed by atoms with Gasteiger partial charge in [0.15, 0.2) is 5.96 Å². The van der Waals surface area contributed by atoms with Gasteiger partial charge in [0.05, 0.1) is 0 Å². The van der Waals surface area contributed by atoms with E-state index in [0.717, 1.165) is 68.9 Å². The largest absolute Gasteiger partial charge is 0.355 e. The summed E-state index contributed by atoms with van der Waals surface area (Å²) in [5, 5.41) is 4.58. The summed E-state index contributed by atoms with van der Waals surface area (Å²) in [5.74, 6) is 1.69. The van der Waals surface area contributed by atoms with Crippen molar-refractivity contribution in [3.8, 4) is 0 Å². The van der Waals surface area contributed by atoms with Gasteiger partial charge in [-0.05, 0) is 30.5 Å². The number of nitrogens with one attached hydrogen (secondary N) is 1. The summed E-state index contributed by atoms with van der Waals surface area (Å²) in [5.41, 5.74) is 1.33. The van der Waals surface area contributed by atoms with Crippen LogP contribution in [0.25, 0.3) is 0 Å². The van der Waals surface area contributed by atoms with Crippen LogP contribution in [0.2, 0.25) is 0 Å². The second-order valence-electron chi connectivity index (χ2n) is 7.51. The van der Waals surface area contributed by atoms with E-state index < -0.39 is 0 Å². The zero-order valence-electron chi connectivity index (χ0n) is 16.9. The standard InChI is InChI=1S/C20H27FN6S.HI/c1-3-17-24-19(28-25-17)27-12-10-26(11-13-27)18(22-2)23-14-20(8-9-20)15-4-6-16(21)7-5-15;/h4-7H,3,8-14H2,1-2H3,(H,22,23);1H. The lowest BCUT2D eigenvalue weighted by Crippen LogP contribution is -2.53. The SMILES string of the molecule is CCc1nsc(N2CCN(C(=NC)NCC3(c4ccc(F)cc4)CC3)CC2)n1.I. The minimum atomic E-state index is -0.178. The minimum Gasteiger partial charge on any atom is -0.355 e. The summed E-state index contributed by atoms with van der Waals surface area (Å²) in [6, 6.07) is 6.94. The summed E-state index contributed by atoms with van der Waals surface area (Å²) < 4.78 is 17.6. The second-order valence-corrected chi connectivity index (χ2v) is 8.24. The molecule has 29 heavy (non-hydrogen) atoms. The maximum atomic E-state index is 13.2. The van der Waals surface area contributed by atoms with E-state index in [4.69, 9.17) is 0 Å². The third kappa shape index (κ3) is 4.99. The first-order valence-corrected chi connectivity index (χ1v) is 10.7. The highest BCUT2D eigenvalue weighted by molar-refractivity contribution is 14.0. The van der Waals surface area contributed by atoms with Crippen LogP contribution in [0.3, 0.4) is 0 Å². The third-order valence-electron chi connectivity index (χ3n) is 5.73. The number of anilines is 1. The Morgan fingerprint density at radius 3 is 2.45 bits per heavy atom. The van der Waals surface area contributed by atoms with Gasteiger partial charge in [0.1, 0.15) is 11.6 Å². The zero-order valence-corrected chi connectivity index (χ0v) is 20.0. The van der Waals surface area contributed by atoms with Gasteiger partial charge in [0.2, 0.25) is 5.13 Å². The summed E-state index contributed by atoms with van der Waals surface area (Å²) in [6.45, 7) is 6.57. The molecule has 0 radical (unpaired) electrons. The van der Waals surface area contributed by atoms with Crippen LogP contribution in [0.15, 0.2) is 29.3 Å². The van der Waals surface area contributed by atoms with Gasteiger partial charge in [0, 0.05) is 63.1 Å². The molecule has 0 spiro atoms. The number of benzene rings is 1. The fourth-order valence-electron chi connectivity index (χ4n) is 3.73. The first-order valence-electron chi connectivity index (χ1n) is 9.93. The molecular weight excluding hydrogens is 502 g/mol. The minimum absolute atomic E-state index is 0. The van der Waals surface area contributed by atoms with E-state index >= 15 is 0 Å². The number of guanidine groups is 1. The van der Waals surface area contributed by atoms with Gasteiger partial charge in [0.25, 0.3) is 0 Å². The molecule has 0 unspecified atom stereocenters. The van der Waals surface area contributed by atoms with E-state index in [1.54, 1.807) is 12.1 Å². The van der Waals surface area contributed by atoms with E-state index in [1.807, 2.05) is 19.2 Å². The number of aliphatic imine (C=N–C) groups is 1. The Balaban J connectivity index is 0.00000240. The highest BCUT2D eigenvalue weighted by atomic mass is 127. The quantitative estimate of drug-likeness (QED) is 0.366. The second kappa shape index (κ2) is 9.55. The fourth-order valence-corrected chi connectivity index (χ4v) is 4.53. The van der Waals surface area contributed by atoms with E-state index in [-0.39, 0.29) is 35.2 Å². The monoisotopic (exact) mass is 530 g/mol. The topological polar surface area (TPSA) is 56.7 Å². The van der Waals surface area contributed by atoms with Crippen LogP contribution in [-0.4, -0.2) is 60.0 Å². The van der Waals surface area contributed by atoms with Crippen LogP contribution in [0.5, 0.6) is 0 Å².